The third kappa shape index (κ3) is 2.19. The first kappa shape index (κ1) is 11.3. The van der Waals surface area contributed by atoms with Gasteiger partial charge < -0.3 is 10.8 Å². The fourth-order valence-electron chi connectivity index (χ4n) is 1.65. The third-order valence-corrected chi connectivity index (χ3v) is 2.49. The first-order valence-corrected chi connectivity index (χ1v) is 5.18. The minimum atomic E-state index is -0.568. The summed E-state index contributed by atoms with van der Waals surface area (Å²) in [5, 5.41) is 13.3. The maximum atomic E-state index is 11.0. The molecule has 5 nitrogen and oxygen atoms in total. The molecule has 3 N–H and O–H groups in total. The summed E-state index contributed by atoms with van der Waals surface area (Å²) in [6, 6.07) is 7.18. The number of rotatable bonds is 3. The molecule has 0 saturated carbocycles. The molecule has 0 fully saturated rings. The van der Waals surface area contributed by atoms with Gasteiger partial charge in [0.2, 0.25) is 0 Å². The Balaban J connectivity index is 2.48. The summed E-state index contributed by atoms with van der Waals surface area (Å²) in [4.78, 5) is 11.0. The molecule has 0 atom stereocenters. The Kier molecular flexibility index (Phi) is 2.93. The maximum Gasteiger partial charge on any atom is 0.269 e. The Morgan fingerprint density at radius 2 is 2.24 bits per heavy atom. The van der Waals surface area contributed by atoms with Gasteiger partial charge in [0.05, 0.1) is 12.3 Å². The van der Waals surface area contributed by atoms with E-state index in [1.165, 1.54) is 4.68 Å². The van der Waals surface area contributed by atoms with Crippen LogP contribution >= 0.6 is 0 Å². The molecule has 1 aromatic heterocycles. The molecule has 5 heteroatoms. The third-order valence-electron chi connectivity index (χ3n) is 2.49. The average Bonchev–Trinajstić information content (AvgIpc) is 2.78. The largest absolute Gasteiger partial charge is 0.392 e. The van der Waals surface area contributed by atoms with Gasteiger partial charge in [0, 0.05) is 11.8 Å². The van der Waals surface area contributed by atoms with E-state index in [1.54, 1.807) is 12.3 Å². The summed E-state index contributed by atoms with van der Waals surface area (Å²) in [6.07, 6.45) is 1.64. The highest BCUT2D eigenvalue weighted by atomic mass is 16.3. The van der Waals surface area contributed by atoms with Crippen molar-refractivity contribution in [2.45, 2.75) is 13.5 Å². The van der Waals surface area contributed by atoms with E-state index in [9.17, 15) is 9.90 Å². The molecule has 0 radical (unpaired) electrons. The molecule has 0 saturated heterocycles. The highest BCUT2D eigenvalue weighted by Crippen LogP contribution is 2.16. The molecule has 88 valence electrons. The minimum Gasteiger partial charge on any atom is -0.392 e. The molecule has 0 spiro atoms. The van der Waals surface area contributed by atoms with Crippen molar-refractivity contribution in [3.63, 3.8) is 0 Å². The predicted octanol–water partition coefficient (Wildman–Crippen LogP) is 0.772. The van der Waals surface area contributed by atoms with Gasteiger partial charge in [0.25, 0.3) is 5.91 Å². The van der Waals surface area contributed by atoms with Crippen LogP contribution in [0.5, 0.6) is 0 Å². The van der Waals surface area contributed by atoms with E-state index in [0.29, 0.717) is 0 Å². The second-order valence-corrected chi connectivity index (χ2v) is 3.80. The smallest absolute Gasteiger partial charge is 0.269 e. The van der Waals surface area contributed by atoms with Gasteiger partial charge in [-0.1, -0.05) is 17.7 Å². The molecule has 0 aliphatic rings. The minimum absolute atomic E-state index is 0.0806. The second-order valence-electron chi connectivity index (χ2n) is 3.80. The molecule has 2 aromatic rings. The molecule has 1 heterocycles. The number of nitrogens with two attached hydrogens (primary N) is 1. The highest BCUT2D eigenvalue weighted by Gasteiger charge is 2.08. The van der Waals surface area contributed by atoms with Crippen LogP contribution in [0.4, 0.5) is 0 Å². The van der Waals surface area contributed by atoms with Crippen molar-refractivity contribution in [1.29, 1.82) is 0 Å². The molecular formula is C12H13N3O2. The lowest BCUT2D eigenvalue weighted by atomic mass is 10.1. The lowest BCUT2D eigenvalue weighted by Gasteiger charge is -2.08. The lowest BCUT2D eigenvalue weighted by molar-refractivity contribution is 0.0995. The summed E-state index contributed by atoms with van der Waals surface area (Å²) in [5.74, 6) is -0.568. The van der Waals surface area contributed by atoms with E-state index < -0.39 is 5.91 Å². The number of aliphatic hydroxyl groups is 1. The fourth-order valence-corrected chi connectivity index (χ4v) is 1.65. The molecule has 2 rings (SSSR count). The molecule has 0 unspecified atom stereocenters. The Hall–Kier alpha value is -2.14. The Morgan fingerprint density at radius 3 is 2.82 bits per heavy atom. The van der Waals surface area contributed by atoms with E-state index in [4.69, 9.17) is 5.73 Å². The number of benzene rings is 1. The number of primary amides is 1. The van der Waals surface area contributed by atoms with Crippen molar-refractivity contribution in [3.05, 3.63) is 47.3 Å². The van der Waals surface area contributed by atoms with Gasteiger partial charge in [0.15, 0.2) is 0 Å². The summed E-state index contributed by atoms with van der Waals surface area (Å²) >= 11 is 0. The Morgan fingerprint density at radius 1 is 1.47 bits per heavy atom. The van der Waals surface area contributed by atoms with Crippen LogP contribution in [-0.2, 0) is 6.61 Å². The summed E-state index contributed by atoms with van der Waals surface area (Å²) in [6.45, 7) is 1.86. The van der Waals surface area contributed by atoms with Gasteiger partial charge in [-0.2, -0.15) is 5.10 Å². The first-order chi connectivity index (χ1) is 8.11. The van der Waals surface area contributed by atoms with Gasteiger partial charge in [-0.25, -0.2) is 4.68 Å². The monoisotopic (exact) mass is 231 g/mol. The van der Waals surface area contributed by atoms with Gasteiger partial charge in [-0.3, -0.25) is 4.79 Å². The second kappa shape index (κ2) is 4.39. The van der Waals surface area contributed by atoms with Crippen LogP contribution in [0.1, 0.15) is 21.6 Å². The zero-order valence-electron chi connectivity index (χ0n) is 9.42. The van der Waals surface area contributed by atoms with Crippen LogP contribution in [0.15, 0.2) is 30.5 Å². The zero-order valence-corrected chi connectivity index (χ0v) is 9.42. The molecular weight excluding hydrogens is 218 g/mol. The van der Waals surface area contributed by atoms with Crippen molar-refractivity contribution in [2.75, 3.05) is 0 Å². The van der Waals surface area contributed by atoms with Crippen LogP contribution < -0.4 is 5.73 Å². The molecule has 17 heavy (non-hydrogen) atoms. The summed E-state index contributed by atoms with van der Waals surface area (Å²) in [7, 11) is 0. The van der Waals surface area contributed by atoms with Crippen LogP contribution in [0.2, 0.25) is 0 Å². The first-order valence-electron chi connectivity index (χ1n) is 5.18. The van der Waals surface area contributed by atoms with Crippen molar-refractivity contribution in [3.8, 4) is 5.69 Å². The Bertz CT molecular complexity index is 561. The van der Waals surface area contributed by atoms with Crippen LogP contribution in [0.3, 0.4) is 0 Å². The van der Waals surface area contributed by atoms with Crippen molar-refractivity contribution < 1.29 is 9.90 Å². The van der Waals surface area contributed by atoms with Crippen LogP contribution in [0, 0.1) is 6.92 Å². The average molecular weight is 231 g/mol. The fraction of sp³-hybridized carbons (Fsp3) is 0.167. The molecule has 0 bridgehead atoms. The predicted molar refractivity (Wildman–Crippen MR) is 62.7 cm³/mol. The quantitative estimate of drug-likeness (QED) is 0.818. The van der Waals surface area contributed by atoms with Crippen molar-refractivity contribution >= 4 is 5.91 Å². The number of aryl methyl sites for hydroxylation is 1. The maximum absolute atomic E-state index is 11.0. The number of hydrogen-bond acceptors (Lipinski definition) is 3. The molecule has 0 aliphatic carbocycles. The van der Waals surface area contributed by atoms with Gasteiger partial charge in [-0.15, -0.1) is 0 Å². The van der Waals surface area contributed by atoms with Gasteiger partial charge in [0.1, 0.15) is 5.69 Å². The normalized spacial score (nSPS) is 10.5. The SMILES string of the molecule is Cc1ccc(-n2ccc(C(N)=O)n2)c(CO)c1. The number of hydrogen-bond donors (Lipinski definition) is 2. The summed E-state index contributed by atoms with van der Waals surface area (Å²) in [5.41, 5.74) is 7.89. The van der Waals surface area contributed by atoms with Crippen molar-refractivity contribution in [2.24, 2.45) is 5.73 Å². The van der Waals surface area contributed by atoms with E-state index in [0.717, 1.165) is 16.8 Å². The van der Waals surface area contributed by atoms with E-state index in [-0.39, 0.29) is 12.3 Å². The number of aromatic nitrogens is 2. The topological polar surface area (TPSA) is 81.1 Å². The van der Waals surface area contributed by atoms with E-state index in [2.05, 4.69) is 5.10 Å². The van der Waals surface area contributed by atoms with Crippen LogP contribution in [0.25, 0.3) is 5.69 Å². The lowest BCUT2D eigenvalue weighted by Crippen LogP contribution is -2.12. The Labute approximate surface area is 98.5 Å². The highest BCUT2D eigenvalue weighted by molar-refractivity contribution is 5.90. The van der Waals surface area contributed by atoms with E-state index >= 15 is 0 Å². The standard InChI is InChI=1S/C12H13N3O2/c1-8-2-3-11(9(6-8)7-16)15-5-4-10(14-15)12(13)17/h2-6,16H,7H2,1H3,(H2,13,17). The number of carbonyl (C=O) groups excluding carboxylic acids is 1. The van der Waals surface area contributed by atoms with E-state index in [1.807, 2.05) is 25.1 Å². The number of nitrogens with zero attached hydrogens (tertiary/aromatic N) is 2. The zero-order chi connectivity index (χ0) is 12.4. The molecule has 1 aromatic carbocycles. The van der Waals surface area contributed by atoms with Gasteiger partial charge >= 0.3 is 0 Å². The molecule has 1 amide bonds. The van der Waals surface area contributed by atoms with Crippen molar-refractivity contribution in [1.82, 2.24) is 9.78 Å². The van der Waals surface area contributed by atoms with Crippen LogP contribution in [-0.4, -0.2) is 20.8 Å². The molecule has 0 aliphatic heterocycles. The number of aliphatic hydroxyl groups excluding tert-OH is 1. The summed E-state index contributed by atoms with van der Waals surface area (Å²) < 4.78 is 1.53. The van der Waals surface area contributed by atoms with Gasteiger partial charge in [-0.05, 0) is 19.1 Å². The number of amides is 1. The number of carbonyl (C=O) groups is 1.